The molecule has 0 heteroatoms. The fraction of sp³-hybridized carbons (Fsp3) is 0.586. The minimum Gasteiger partial charge on any atom is -0.0776 e. The molecule has 0 aromatic heterocycles. The van der Waals surface area contributed by atoms with Crippen LogP contribution in [-0.4, -0.2) is 0 Å². The first kappa shape index (κ1) is 27.4. The molecule has 2 fully saturated rings. The number of hydrogen-bond donors (Lipinski definition) is 0. The summed E-state index contributed by atoms with van der Waals surface area (Å²) in [7, 11) is 0. The number of rotatable bonds is 0. The van der Waals surface area contributed by atoms with Crippen LogP contribution in [0.15, 0.2) is 60.7 Å². The van der Waals surface area contributed by atoms with E-state index >= 15 is 0 Å². The molecule has 0 aliphatic heterocycles. The van der Waals surface area contributed by atoms with Crippen LogP contribution >= 0.6 is 0 Å². The van der Waals surface area contributed by atoms with Gasteiger partial charge in [-0.05, 0) is 25.7 Å². The molecule has 0 radical (unpaired) electrons. The van der Waals surface area contributed by atoms with Crippen LogP contribution in [0.2, 0.25) is 0 Å². The summed E-state index contributed by atoms with van der Waals surface area (Å²) in [6.07, 6.45) is 14.9. The van der Waals surface area contributed by atoms with Gasteiger partial charge in [0.15, 0.2) is 0 Å². The van der Waals surface area contributed by atoms with Gasteiger partial charge in [0.25, 0.3) is 0 Å². The molecule has 164 valence electrons. The Balaban J connectivity index is 0.000000356. The van der Waals surface area contributed by atoms with Gasteiger partial charge < -0.3 is 0 Å². The zero-order valence-corrected chi connectivity index (χ0v) is 19.0. The summed E-state index contributed by atoms with van der Waals surface area (Å²) in [5.41, 5.74) is 2.64. The number of benzene rings is 2. The summed E-state index contributed by atoms with van der Waals surface area (Å²) in [6.45, 7) is 8.89. The van der Waals surface area contributed by atoms with Crippen molar-refractivity contribution >= 4 is 0 Å². The van der Waals surface area contributed by atoms with Crippen molar-refractivity contribution in [1.82, 2.24) is 0 Å². The highest BCUT2D eigenvalue weighted by molar-refractivity contribution is 5.12. The van der Waals surface area contributed by atoms with Gasteiger partial charge in [0, 0.05) is 0 Å². The maximum absolute atomic E-state index is 2.36. The van der Waals surface area contributed by atoms with E-state index in [9.17, 15) is 0 Å². The van der Waals surface area contributed by atoms with Crippen molar-refractivity contribution in [1.29, 1.82) is 0 Å². The van der Waals surface area contributed by atoms with Crippen molar-refractivity contribution in [2.45, 2.75) is 99.3 Å². The number of hydrogen-bond acceptors (Lipinski definition) is 0. The van der Waals surface area contributed by atoms with E-state index in [4.69, 9.17) is 0 Å². The van der Waals surface area contributed by atoms with E-state index in [1.165, 1.54) is 75.3 Å². The Hall–Kier alpha value is -1.56. The molecule has 4 rings (SSSR count). The van der Waals surface area contributed by atoms with Crippen LogP contribution < -0.4 is 0 Å². The minimum atomic E-state index is 0. The fourth-order valence-electron chi connectivity index (χ4n) is 3.68. The Kier molecular flexibility index (Phi) is 17.5. The number of aryl methyl sites for hydroxylation is 2. The molecule has 2 saturated carbocycles. The Labute approximate surface area is 183 Å². The SMILES string of the molecule is C.CC1CCCCC1.CC1CCCCC1.Cc1ccccc1.Cc1ccccc1. The molecule has 0 atom stereocenters. The van der Waals surface area contributed by atoms with Crippen molar-refractivity contribution in [3.05, 3.63) is 71.8 Å². The standard InChI is InChI=1S/2C7H14.2C7H8.CH4/c4*1-7-5-3-2-4-6-7;/h2*7H,2-6H2,1H3;2*2-6H,1H3;1H4. The zero-order chi connectivity index (χ0) is 20.5. The Bertz CT molecular complexity index is 492. The molecule has 0 spiro atoms. The van der Waals surface area contributed by atoms with Gasteiger partial charge in [0.05, 0.1) is 0 Å². The second kappa shape index (κ2) is 18.5. The summed E-state index contributed by atoms with van der Waals surface area (Å²) in [6, 6.07) is 20.5. The smallest absolute Gasteiger partial charge is 0.0398 e. The predicted octanol–water partition coefficient (Wildman–Crippen LogP) is 9.80. The molecule has 2 aliphatic rings. The summed E-state index contributed by atoms with van der Waals surface area (Å²) in [4.78, 5) is 0. The molecule has 29 heavy (non-hydrogen) atoms. The first-order valence-corrected chi connectivity index (χ1v) is 11.6. The topological polar surface area (TPSA) is 0 Å². The van der Waals surface area contributed by atoms with Crippen LogP contribution in [0.4, 0.5) is 0 Å². The van der Waals surface area contributed by atoms with E-state index in [1.54, 1.807) is 0 Å². The van der Waals surface area contributed by atoms with Gasteiger partial charge in [0.2, 0.25) is 0 Å². The third kappa shape index (κ3) is 17.0. The van der Waals surface area contributed by atoms with Crippen LogP contribution in [0.5, 0.6) is 0 Å². The highest BCUT2D eigenvalue weighted by atomic mass is 14.1. The van der Waals surface area contributed by atoms with E-state index in [1.807, 2.05) is 36.4 Å². The van der Waals surface area contributed by atoms with Crippen LogP contribution in [0.25, 0.3) is 0 Å². The maximum Gasteiger partial charge on any atom is -0.0398 e. The molecule has 0 nitrogen and oxygen atoms in total. The van der Waals surface area contributed by atoms with E-state index in [2.05, 4.69) is 52.0 Å². The summed E-state index contributed by atoms with van der Waals surface area (Å²) < 4.78 is 0. The van der Waals surface area contributed by atoms with Crippen LogP contribution in [0.1, 0.15) is 96.6 Å². The molecule has 0 heterocycles. The molecule has 2 aromatic rings. The lowest BCUT2D eigenvalue weighted by Gasteiger charge is -2.15. The Morgan fingerprint density at radius 2 is 0.759 bits per heavy atom. The van der Waals surface area contributed by atoms with Gasteiger partial charge in [-0.15, -0.1) is 0 Å². The lowest BCUT2D eigenvalue weighted by atomic mass is 9.91. The summed E-state index contributed by atoms with van der Waals surface area (Å²) >= 11 is 0. The first-order chi connectivity index (χ1) is 13.6. The van der Waals surface area contributed by atoms with Crippen LogP contribution in [0.3, 0.4) is 0 Å². The highest BCUT2D eigenvalue weighted by Gasteiger charge is 2.06. The molecule has 2 aromatic carbocycles. The minimum absolute atomic E-state index is 0. The summed E-state index contributed by atoms with van der Waals surface area (Å²) in [5, 5.41) is 0. The molecular formula is C29H48. The predicted molar refractivity (Wildman–Crippen MR) is 134 cm³/mol. The summed E-state index contributed by atoms with van der Waals surface area (Å²) in [5.74, 6) is 2.07. The van der Waals surface area contributed by atoms with E-state index in [-0.39, 0.29) is 7.43 Å². The second-order valence-electron chi connectivity index (χ2n) is 8.80. The van der Waals surface area contributed by atoms with E-state index in [0.29, 0.717) is 0 Å². The fourth-order valence-corrected chi connectivity index (χ4v) is 3.68. The average Bonchev–Trinajstić information content (AvgIpc) is 2.72. The monoisotopic (exact) mass is 396 g/mol. The second-order valence-corrected chi connectivity index (χ2v) is 8.80. The van der Waals surface area contributed by atoms with Crippen LogP contribution in [0, 0.1) is 25.7 Å². The lowest BCUT2D eigenvalue weighted by molar-refractivity contribution is 0.385. The van der Waals surface area contributed by atoms with Crippen molar-refractivity contribution < 1.29 is 0 Å². The quantitative estimate of drug-likeness (QED) is 0.415. The molecular weight excluding hydrogens is 348 g/mol. The normalized spacial score (nSPS) is 16.4. The molecule has 2 aliphatic carbocycles. The zero-order valence-electron chi connectivity index (χ0n) is 19.0. The third-order valence-electron chi connectivity index (χ3n) is 5.67. The molecule has 0 amide bonds. The lowest BCUT2D eigenvalue weighted by Crippen LogP contribution is -1.99. The van der Waals surface area contributed by atoms with Gasteiger partial charge in [-0.2, -0.15) is 0 Å². The molecule has 0 bridgehead atoms. The van der Waals surface area contributed by atoms with Gasteiger partial charge in [-0.1, -0.05) is 157 Å². The molecule has 0 N–H and O–H groups in total. The first-order valence-electron chi connectivity index (χ1n) is 11.6. The van der Waals surface area contributed by atoms with Gasteiger partial charge in [-0.3, -0.25) is 0 Å². The van der Waals surface area contributed by atoms with Gasteiger partial charge in [0.1, 0.15) is 0 Å². The average molecular weight is 397 g/mol. The Morgan fingerprint density at radius 1 is 0.483 bits per heavy atom. The van der Waals surface area contributed by atoms with E-state index < -0.39 is 0 Å². The maximum atomic E-state index is 2.36. The van der Waals surface area contributed by atoms with Crippen molar-refractivity contribution in [3.63, 3.8) is 0 Å². The molecule has 0 saturated heterocycles. The van der Waals surface area contributed by atoms with Gasteiger partial charge in [-0.25, -0.2) is 0 Å². The van der Waals surface area contributed by atoms with Gasteiger partial charge >= 0.3 is 0 Å². The largest absolute Gasteiger partial charge is 0.0776 e. The van der Waals surface area contributed by atoms with Crippen LogP contribution in [-0.2, 0) is 0 Å². The van der Waals surface area contributed by atoms with Crippen molar-refractivity contribution in [3.8, 4) is 0 Å². The highest BCUT2D eigenvalue weighted by Crippen LogP contribution is 2.22. The van der Waals surface area contributed by atoms with E-state index in [0.717, 1.165) is 11.8 Å². The molecule has 0 unspecified atom stereocenters. The Morgan fingerprint density at radius 3 is 0.897 bits per heavy atom. The third-order valence-corrected chi connectivity index (χ3v) is 5.67. The van der Waals surface area contributed by atoms with Crippen molar-refractivity contribution in [2.24, 2.45) is 11.8 Å². The van der Waals surface area contributed by atoms with Crippen molar-refractivity contribution in [2.75, 3.05) is 0 Å².